The smallest absolute Gasteiger partial charge is 0.406 e. The van der Waals surface area contributed by atoms with Crippen molar-refractivity contribution in [3.05, 3.63) is 42.5 Å². The van der Waals surface area contributed by atoms with Crippen molar-refractivity contribution in [3.8, 4) is 5.75 Å². The number of nitrogens with one attached hydrogen (secondary N) is 1. The minimum absolute atomic E-state index is 0.185. The number of alkyl halides is 3. The van der Waals surface area contributed by atoms with Crippen LogP contribution in [-0.4, -0.2) is 27.0 Å². The second-order valence-electron chi connectivity index (χ2n) is 4.46. The van der Waals surface area contributed by atoms with Crippen molar-refractivity contribution in [1.29, 1.82) is 0 Å². The third kappa shape index (κ3) is 4.47. The predicted octanol–water partition coefficient (Wildman–Crippen LogP) is 2.05. The van der Waals surface area contributed by atoms with Crippen LogP contribution in [-0.2, 0) is 11.3 Å². The van der Waals surface area contributed by atoms with Crippen LogP contribution in [0.25, 0.3) is 0 Å². The summed E-state index contributed by atoms with van der Waals surface area (Å²) in [6, 6.07) is 4.74. The molecule has 1 aromatic carbocycles. The minimum Gasteiger partial charge on any atom is -0.406 e. The fourth-order valence-corrected chi connectivity index (χ4v) is 1.68. The van der Waals surface area contributed by atoms with Gasteiger partial charge >= 0.3 is 6.36 Å². The molecule has 0 saturated heterocycles. The average Bonchev–Trinajstić information content (AvgIpc) is 2.98. The van der Waals surface area contributed by atoms with E-state index in [1.165, 1.54) is 41.6 Å². The molecule has 6 nitrogen and oxygen atoms in total. The predicted molar refractivity (Wildman–Crippen MR) is 69.7 cm³/mol. The first kappa shape index (κ1) is 15.8. The highest BCUT2D eigenvalue weighted by Crippen LogP contribution is 2.22. The molecule has 2 aromatic rings. The van der Waals surface area contributed by atoms with Crippen molar-refractivity contribution in [2.24, 2.45) is 0 Å². The Morgan fingerprint density at radius 3 is 2.59 bits per heavy atom. The molecule has 0 saturated carbocycles. The Morgan fingerprint density at radius 2 is 2.05 bits per heavy atom. The largest absolute Gasteiger partial charge is 0.573 e. The number of hydrogen-bond acceptors (Lipinski definition) is 4. The molecule has 0 fully saturated rings. The molecular formula is C13H13F3N4O2. The van der Waals surface area contributed by atoms with E-state index < -0.39 is 12.4 Å². The number of halogens is 3. The van der Waals surface area contributed by atoms with Gasteiger partial charge in [0.25, 0.3) is 0 Å². The SMILES string of the molecule is C[C@@H](C(=O)NCc1ccc(OC(F)(F)F)cc1)n1cncn1. The van der Waals surface area contributed by atoms with Crippen LogP contribution in [0, 0.1) is 0 Å². The summed E-state index contributed by atoms with van der Waals surface area (Å²) in [5.74, 6) is -0.584. The van der Waals surface area contributed by atoms with Gasteiger partial charge in [0.2, 0.25) is 5.91 Å². The van der Waals surface area contributed by atoms with E-state index in [1.807, 2.05) is 0 Å². The van der Waals surface area contributed by atoms with Crippen molar-refractivity contribution in [2.75, 3.05) is 0 Å². The lowest BCUT2D eigenvalue weighted by atomic mass is 10.2. The van der Waals surface area contributed by atoms with Gasteiger partial charge in [-0.1, -0.05) is 12.1 Å². The van der Waals surface area contributed by atoms with Crippen LogP contribution in [0.1, 0.15) is 18.5 Å². The first-order valence-corrected chi connectivity index (χ1v) is 6.31. The Kier molecular flexibility index (Phi) is 4.64. The van der Waals surface area contributed by atoms with Gasteiger partial charge in [-0.3, -0.25) is 4.79 Å². The Morgan fingerprint density at radius 1 is 1.36 bits per heavy atom. The lowest BCUT2D eigenvalue weighted by Gasteiger charge is -2.12. The summed E-state index contributed by atoms with van der Waals surface area (Å²) in [6.45, 7) is 1.84. The molecule has 0 radical (unpaired) electrons. The number of ether oxygens (including phenoxy) is 1. The molecular weight excluding hydrogens is 301 g/mol. The molecule has 1 atom stereocenters. The van der Waals surface area contributed by atoms with E-state index in [1.54, 1.807) is 6.92 Å². The maximum atomic E-state index is 12.0. The van der Waals surface area contributed by atoms with Gasteiger partial charge in [0.05, 0.1) is 0 Å². The normalized spacial score (nSPS) is 12.7. The number of benzene rings is 1. The molecule has 1 heterocycles. The summed E-state index contributed by atoms with van der Waals surface area (Å²) >= 11 is 0. The fraction of sp³-hybridized carbons (Fsp3) is 0.308. The summed E-state index contributed by atoms with van der Waals surface area (Å²) in [4.78, 5) is 15.6. The van der Waals surface area contributed by atoms with Crippen LogP contribution < -0.4 is 10.1 Å². The lowest BCUT2D eigenvalue weighted by molar-refractivity contribution is -0.274. The second kappa shape index (κ2) is 6.46. The first-order chi connectivity index (χ1) is 10.3. The first-order valence-electron chi connectivity index (χ1n) is 6.31. The number of carbonyl (C=O) groups excluding carboxylic acids is 1. The van der Waals surface area contributed by atoms with Crippen LogP contribution >= 0.6 is 0 Å². The highest BCUT2D eigenvalue weighted by molar-refractivity contribution is 5.79. The van der Waals surface area contributed by atoms with Crippen molar-refractivity contribution in [1.82, 2.24) is 20.1 Å². The topological polar surface area (TPSA) is 69.0 Å². The van der Waals surface area contributed by atoms with E-state index in [9.17, 15) is 18.0 Å². The molecule has 118 valence electrons. The maximum absolute atomic E-state index is 12.0. The van der Waals surface area contributed by atoms with E-state index in [0.29, 0.717) is 5.56 Å². The number of rotatable bonds is 5. The quantitative estimate of drug-likeness (QED) is 0.917. The van der Waals surface area contributed by atoms with E-state index in [-0.39, 0.29) is 18.2 Å². The molecule has 2 rings (SSSR count). The number of nitrogens with zero attached hydrogens (tertiary/aromatic N) is 3. The van der Waals surface area contributed by atoms with Gasteiger partial charge in [-0.2, -0.15) is 5.10 Å². The molecule has 1 amide bonds. The molecule has 0 spiro atoms. The Labute approximate surface area is 123 Å². The number of carbonyl (C=O) groups is 1. The summed E-state index contributed by atoms with van der Waals surface area (Å²) in [5.41, 5.74) is 0.647. The van der Waals surface area contributed by atoms with Gasteiger partial charge < -0.3 is 10.1 Å². The van der Waals surface area contributed by atoms with Gasteiger partial charge in [-0.25, -0.2) is 9.67 Å². The van der Waals surface area contributed by atoms with Crippen LogP contribution in [0.4, 0.5) is 13.2 Å². The van der Waals surface area contributed by atoms with Crippen LogP contribution in [0.2, 0.25) is 0 Å². The van der Waals surface area contributed by atoms with Crippen molar-refractivity contribution in [3.63, 3.8) is 0 Å². The van der Waals surface area contributed by atoms with Crippen LogP contribution in [0.5, 0.6) is 5.75 Å². The fourth-order valence-electron chi connectivity index (χ4n) is 1.68. The third-order valence-corrected chi connectivity index (χ3v) is 2.84. The molecule has 1 aromatic heterocycles. The molecule has 0 aliphatic rings. The van der Waals surface area contributed by atoms with Gasteiger partial charge in [-0.15, -0.1) is 13.2 Å². The molecule has 9 heteroatoms. The number of hydrogen-bond donors (Lipinski definition) is 1. The number of aromatic nitrogens is 3. The zero-order valence-electron chi connectivity index (χ0n) is 11.5. The van der Waals surface area contributed by atoms with E-state index in [4.69, 9.17) is 0 Å². The summed E-state index contributed by atoms with van der Waals surface area (Å²) in [6.07, 6.45) is -1.97. The van der Waals surface area contributed by atoms with Gasteiger partial charge in [0.15, 0.2) is 0 Å². The monoisotopic (exact) mass is 314 g/mol. The second-order valence-corrected chi connectivity index (χ2v) is 4.46. The molecule has 22 heavy (non-hydrogen) atoms. The van der Waals surface area contributed by atoms with Gasteiger partial charge in [0.1, 0.15) is 24.4 Å². The Hall–Kier alpha value is -2.58. The van der Waals surface area contributed by atoms with E-state index >= 15 is 0 Å². The van der Waals surface area contributed by atoms with Crippen molar-refractivity contribution in [2.45, 2.75) is 25.9 Å². The summed E-state index contributed by atoms with van der Waals surface area (Å²) in [7, 11) is 0. The molecule has 0 aliphatic carbocycles. The van der Waals surface area contributed by atoms with E-state index in [0.717, 1.165) is 0 Å². The lowest BCUT2D eigenvalue weighted by Crippen LogP contribution is -2.30. The maximum Gasteiger partial charge on any atom is 0.573 e. The minimum atomic E-state index is -4.72. The van der Waals surface area contributed by atoms with Crippen molar-refractivity contribution < 1.29 is 22.7 Å². The molecule has 0 bridgehead atoms. The zero-order chi connectivity index (χ0) is 16.2. The van der Waals surface area contributed by atoms with E-state index in [2.05, 4.69) is 20.1 Å². The van der Waals surface area contributed by atoms with Crippen LogP contribution in [0.3, 0.4) is 0 Å². The summed E-state index contributed by atoms with van der Waals surface area (Å²) < 4.78 is 41.2. The third-order valence-electron chi connectivity index (χ3n) is 2.84. The highest BCUT2D eigenvalue weighted by atomic mass is 19.4. The standard InChI is InChI=1S/C13H13F3N4O2/c1-9(20-8-17-7-19-20)12(21)18-6-10-2-4-11(5-3-10)22-13(14,15)16/h2-5,7-9H,6H2,1H3,(H,18,21)/t9-/m0/s1. The van der Waals surface area contributed by atoms with Gasteiger partial charge in [0, 0.05) is 6.54 Å². The van der Waals surface area contributed by atoms with Gasteiger partial charge in [-0.05, 0) is 24.6 Å². The van der Waals surface area contributed by atoms with Crippen molar-refractivity contribution >= 4 is 5.91 Å². The molecule has 1 N–H and O–H groups in total. The summed E-state index contributed by atoms with van der Waals surface area (Å²) in [5, 5.41) is 6.52. The molecule has 0 unspecified atom stereocenters. The zero-order valence-corrected chi connectivity index (χ0v) is 11.5. The highest BCUT2D eigenvalue weighted by Gasteiger charge is 2.30. The Balaban J connectivity index is 1.88. The Bertz CT molecular complexity index is 611. The number of amides is 1. The molecule has 0 aliphatic heterocycles. The van der Waals surface area contributed by atoms with Crippen LogP contribution in [0.15, 0.2) is 36.9 Å². The average molecular weight is 314 g/mol.